The lowest BCUT2D eigenvalue weighted by atomic mass is 9.99. The van der Waals surface area contributed by atoms with E-state index in [0.29, 0.717) is 0 Å². The van der Waals surface area contributed by atoms with Crippen LogP contribution in [0.3, 0.4) is 0 Å². The molecule has 0 aromatic rings. The summed E-state index contributed by atoms with van der Waals surface area (Å²) in [6.45, 7) is 9.53. The minimum absolute atomic E-state index is 0.00974. The number of carbonyl (C=O) groups excluding carboxylic acids is 1. The first-order chi connectivity index (χ1) is 10.2. The molecule has 128 valence electrons. The molecule has 22 heavy (non-hydrogen) atoms. The van der Waals surface area contributed by atoms with Crippen LogP contribution >= 0.6 is 0 Å². The van der Waals surface area contributed by atoms with Crippen molar-refractivity contribution in [2.24, 2.45) is 5.92 Å². The number of carbonyl (C=O) groups is 2. The Kier molecular flexibility index (Phi) is 9.69. The zero-order valence-corrected chi connectivity index (χ0v) is 14.1. The van der Waals surface area contributed by atoms with Crippen LogP contribution in [0, 0.1) is 5.92 Å². The van der Waals surface area contributed by atoms with Gasteiger partial charge in [0.15, 0.2) is 0 Å². The molecule has 0 amide bonds. The number of hydrogen-bond acceptors (Lipinski definition) is 5. The third-order valence-corrected chi connectivity index (χ3v) is 2.82. The molecule has 0 aliphatic heterocycles. The second-order valence-electron chi connectivity index (χ2n) is 6.08. The van der Waals surface area contributed by atoms with Crippen molar-refractivity contribution in [3.63, 3.8) is 0 Å². The van der Waals surface area contributed by atoms with Gasteiger partial charge in [-0.3, -0.25) is 0 Å². The van der Waals surface area contributed by atoms with Crippen molar-refractivity contribution < 1.29 is 29.2 Å². The molecular weight excluding hydrogens is 288 g/mol. The van der Waals surface area contributed by atoms with Gasteiger partial charge in [0, 0.05) is 18.1 Å². The summed E-state index contributed by atoms with van der Waals surface area (Å²) in [7, 11) is 0. The molecule has 6 nitrogen and oxygen atoms in total. The molecule has 6 heteroatoms. The molecule has 0 saturated carbocycles. The molecule has 2 atom stereocenters. The van der Waals surface area contributed by atoms with Gasteiger partial charge in [-0.15, -0.1) is 0 Å². The number of aliphatic carboxylic acids is 1. The number of esters is 1. The molecule has 0 heterocycles. The van der Waals surface area contributed by atoms with E-state index in [1.54, 1.807) is 0 Å². The average Bonchev–Trinajstić information content (AvgIpc) is 2.42. The number of rotatable bonds is 10. The molecule has 0 aromatic heterocycles. The highest BCUT2D eigenvalue weighted by Crippen LogP contribution is 2.23. The highest BCUT2D eigenvalue weighted by Gasteiger charge is 2.27. The van der Waals surface area contributed by atoms with E-state index < -0.39 is 23.8 Å². The van der Waals surface area contributed by atoms with Crippen LogP contribution in [-0.2, 0) is 24.1 Å². The van der Waals surface area contributed by atoms with Crippen LogP contribution in [0.4, 0.5) is 0 Å². The molecule has 2 unspecified atom stereocenters. The second-order valence-corrected chi connectivity index (χ2v) is 6.08. The van der Waals surface area contributed by atoms with Gasteiger partial charge in [-0.25, -0.2) is 14.5 Å². The molecule has 1 N–H and O–H groups in total. The first-order valence-electron chi connectivity index (χ1n) is 7.65. The van der Waals surface area contributed by atoms with Gasteiger partial charge in [0.2, 0.25) is 6.29 Å². The normalized spacial score (nSPS) is 14.8. The fraction of sp³-hybridized carbons (Fsp3) is 0.750. The van der Waals surface area contributed by atoms with Gasteiger partial charge in [-0.05, 0) is 33.6 Å². The van der Waals surface area contributed by atoms with E-state index in [2.05, 4.69) is 6.92 Å². The van der Waals surface area contributed by atoms with Crippen LogP contribution in [0.5, 0.6) is 0 Å². The molecular formula is C16H28O6. The number of carboxylic acids is 1. The van der Waals surface area contributed by atoms with Crippen molar-refractivity contribution in [1.82, 2.24) is 0 Å². The Morgan fingerprint density at radius 3 is 2.27 bits per heavy atom. The van der Waals surface area contributed by atoms with E-state index in [1.807, 2.05) is 27.7 Å². The van der Waals surface area contributed by atoms with Gasteiger partial charge < -0.3 is 9.84 Å². The summed E-state index contributed by atoms with van der Waals surface area (Å²) in [5.41, 5.74) is -0.537. The van der Waals surface area contributed by atoms with Crippen LogP contribution in [0.1, 0.15) is 60.3 Å². The summed E-state index contributed by atoms with van der Waals surface area (Å²) in [4.78, 5) is 32.7. The van der Waals surface area contributed by atoms with Crippen LogP contribution in [0.25, 0.3) is 0 Å². The number of unbranched alkanes of at least 4 members (excludes halogenated alkanes) is 1. The first kappa shape index (κ1) is 20.6. The molecule has 0 rings (SSSR count). The maximum absolute atomic E-state index is 11.7. The average molecular weight is 316 g/mol. The Balaban J connectivity index is 4.82. The van der Waals surface area contributed by atoms with Crippen molar-refractivity contribution in [3.05, 3.63) is 12.2 Å². The van der Waals surface area contributed by atoms with Gasteiger partial charge in [0.05, 0.1) is 5.60 Å². The Bertz CT molecular complexity index is 369. The zero-order valence-electron chi connectivity index (χ0n) is 14.1. The summed E-state index contributed by atoms with van der Waals surface area (Å²) < 4.78 is 5.21. The minimum atomic E-state index is -1.21. The second kappa shape index (κ2) is 10.3. The zero-order chi connectivity index (χ0) is 17.2. The molecule has 0 aliphatic rings. The molecule has 0 saturated heterocycles. The minimum Gasteiger partial charge on any atom is -0.478 e. The van der Waals surface area contributed by atoms with E-state index in [0.717, 1.165) is 37.8 Å². The molecule has 0 radical (unpaired) electrons. The van der Waals surface area contributed by atoms with Crippen molar-refractivity contribution in [2.75, 3.05) is 0 Å². The lowest BCUT2D eigenvalue weighted by Crippen LogP contribution is -2.33. The van der Waals surface area contributed by atoms with Gasteiger partial charge in [-0.1, -0.05) is 26.7 Å². The summed E-state index contributed by atoms with van der Waals surface area (Å²) in [5.74, 6) is -1.98. The fourth-order valence-corrected chi connectivity index (χ4v) is 1.68. The van der Waals surface area contributed by atoms with Gasteiger partial charge in [0.1, 0.15) is 0 Å². The smallest absolute Gasteiger partial charge is 0.333 e. The van der Waals surface area contributed by atoms with E-state index >= 15 is 0 Å². The topological polar surface area (TPSA) is 82.1 Å². The van der Waals surface area contributed by atoms with Crippen molar-refractivity contribution >= 4 is 11.9 Å². The largest absolute Gasteiger partial charge is 0.478 e. The fourth-order valence-electron chi connectivity index (χ4n) is 1.68. The van der Waals surface area contributed by atoms with Gasteiger partial charge >= 0.3 is 11.9 Å². The monoisotopic (exact) mass is 316 g/mol. The van der Waals surface area contributed by atoms with Crippen molar-refractivity contribution in [1.29, 1.82) is 0 Å². The Hall–Kier alpha value is -1.40. The predicted molar refractivity (Wildman–Crippen MR) is 81.9 cm³/mol. The van der Waals surface area contributed by atoms with E-state index in [1.165, 1.54) is 0 Å². The summed E-state index contributed by atoms with van der Waals surface area (Å²) in [6.07, 6.45) is 4.34. The van der Waals surface area contributed by atoms with Crippen LogP contribution in [-0.4, -0.2) is 28.9 Å². The summed E-state index contributed by atoms with van der Waals surface area (Å²) >= 11 is 0. The van der Waals surface area contributed by atoms with E-state index in [-0.39, 0.29) is 5.92 Å². The lowest BCUT2D eigenvalue weighted by molar-refractivity contribution is -0.418. The number of ether oxygens (including phenoxy) is 1. The predicted octanol–water partition coefficient (Wildman–Crippen LogP) is 3.46. The van der Waals surface area contributed by atoms with Crippen LogP contribution in [0.15, 0.2) is 12.2 Å². The molecule has 0 aliphatic carbocycles. The molecule has 0 spiro atoms. The first-order valence-corrected chi connectivity index (χ1v) is 7.65. The maximum atomic E-state index is 11.7. The summed E-state index contributed by atoms with van der Waals surface area (Å²) in [6, 6.07) is 0. The van der Waals surface area contributed by atoms with Crippen molar-refractivity contribution in [2.45, 2.75) is 72.2 Å². The van der Waals surface area contributed by atoms with E-state index in [9.17, 15) is 9.59 Å². The lowest BCUT2D eigenvalue weighted by Gasteiger charge is -2.28. The van der Waals surface area contributed by atoms with Crippen molar-refractivity contribution in [3.8, 4) is 0 Å². The van der Waals surface area contributed by atoms with Crippen LogP contribution in [0.2, 0.25) is 0 Å². The van der Waals surface area contributed by atoms with E-state index in [4.69, 9.17) is 19.6 Å². The van der Waals surface area contributed by atoms with Gasteiger partial charge in [-0.2, -0.15) is 4.89 Å². The van der Waals surface area contributed by atoms with Crippen LogP contribution < -0.4 is 0 Å². The third-order valence-electron chi connectivity index (χ3n) is 2.82. The maximum Gasteiger partial charge on any atom is 0.333 e. The highest BCUT2D eigenvalue weighted by atomic mass is 17.2. The summed E-state index contributed by atoms with van der Waals surface area (Å²) in [5, 5.41) is 8.53. The molecule has 0 aromatic carbocycles. The Morgan fingerprint density at radius 1 is 1.18 bits per heavy atom. The molecule has 0 bridgehead atoms. The standard InChI is InChI=1S/C16H28O6/c1-6-8-9-12(7-2)15(21-22-16(3,4)5)20-14(19)11-10-13(17)18/h10-12,15H,6-9H2,1-5H3,(H,17,18)/b11-10+. The number of hydrogen-bond donors (Lipinski definition) is 1. The van der Waals surface area contributed by atoms with Gasteiger partial charge in [0.25, 0.3) is 0 Å². The highest BCUT2D eigenvalue weighted by molar-refractivity contribution is 5.90. The SMILES string of the molecule is CCCCC(CC)C(OOC(C)(C)C)OC(=O)/C=C/C(=O)O. The number of carboxylic acid groups (broad SMARTS) is 1. The molecule has 0 fully saturated rings. The Labute approximate surface area is 132 Å². The third kappa shape index (κ3) is 10.3. The quantitative estimate of drug-likeness (QED) is 0.218. The Morgan fingerprint density at radius 2 is 1.82 bits per heavy atom.